The largest absolute Gasteiger partial charge is 0.473 e. The van der Waals surface area contributed by atoms with Gasteiger partial charge in [0.1, 0.15) is 29.3 Å². The summed E-state index contributed by atoms with van der Waals surface area (Å²) in [6, 6.07) is 5.02. The van der Waals surface area contributed by atoms with Crippen molar-refractivity contribution in [2.75, 3.05) is 6.54 Å². The van der Waals surface area contributed by atoms with E-state index >= 15 is 0 Å². The second kappa shape index (κ2) is 15.3. The van der Waals surface area contributed by atoms with E-state index in [9.17, 15) is 32.4 Å². The average molecular weight is 804 g/mol. The number of hydrogen-bond acceptors (Lipinski definition) is 9. The lowest BCUT2D eigenvalue weighted by molar-refractivity contribution is -0.142. The number of benzene rings is 1. The maximum Gasteiger partial charge on any atom is 0.408 e. The van der Waals surface area contributed by atoms with Crippen molar-refractivity contribution in [1.29, 1.82) is 0 Å². The molecule has 57 heavy (non-hydrogen) atoms. The summed E-state index contributed by atoms with van der Waals surface area (Å²) in [5.41, 5.74) is -1.48. The average Bonchev–Trinajstić information content (AvgIpc) is 3.99. The van der Waals surface area contributed by atoms with Crippen molar-refractivity contribution < 1.29 is 37.1 Å². The number of allylic oxidation sites excluding steroid dienone is 2. The van der Waals surface area contributed by atoms with Crippen LogP contribution in [-0.4, -0.2) is 83.2 Å². The van der Waals surface area contributed by atoms with E-state index in [-0.39, 0.29) is 49.0 Å². The topological polar surface area (TPSA) is 193 Å². The Morgan fingerprint density at radius 2 is 1.79 bits per heavy atom. The lowest BCUT2D eigenvalue weighted by Gasteiger charge is -2.34. The third-order valence-electron chi connectivity index (χ3n) is 13.3. The Hall–Kier alpha value is -4.66. The highest BCUT2D eigenvalue weighted by atomic mass is 32.2. The van der Waals surface area contributed by atoms with Gasteiger partial charge in [0.05, 0.1) is 22.9 Å². The van der Waals surface area contributed by atoms with Crippen LogP contribution in [0.1, 0.15) is 96.0 Å². The molecule has 2 bridgehead atoms. The zero-order valence-electron chi connectivity index (χ0n) is 32.4. The van der Waals surface area contributed by atoms with Crippen molar-refractivity contribution in [1.82, 2.24) is 25.2 Å². The molecule has 4 aliphatic carbocycles. The molecule has 1 aromatic heterocycles. The van der Waals surface area contributed by atoms with E-state index in [0.717, 1.165) is 38.5 Å². The number of rotatable bonds is 7. The van der Waals surface area contributed by atoms with Gasteiger partial charge >= 0.3 is 6.09 Å². The Balaban J connectivity index is 1.15. The van der Waals surface area contributed by atoms with Gasteiger partial charge < -0.3 is 30.0 Å². The van der Waals surface area contributed by atoms with Crippen LogP contribution < -0.4 is 25.5 Å². The zero-order chi connectivity index (χ0) is 40.1. The molecule has 7 atom stereocenters. The van der Waals surface area contributed by atoms with Gasteiger partial charge in [-0.25, -0.2) is 13.2 Å². The van der Waals surface area contributed by atoms with Gasteiger partial charge in [-0.2, -0.15) is 0 Å². The molecule has 2 aromatic rings. The first-order valence-corrected chi connectivity index (χ1v) is 22.1. The van der Waals surface area contributed by atoms with Crippen LogP contribution in [0.3, 0.4) is 0 Å². The number of carbonyl (C=O) groups excluding carboxylic acids is 4. The maximum atomic E-state index is 14.9. The second-order valence-electron chi connectivity index (χ2n) is 17.2. The monoisotopic (exact) mass is 803 g/mol. The molecule has 4 N–H and O–H groups in total. The summed E-state index contributed by atoms with van der Waals surface area (Å²) in [7, 11) is -3.91. The van der Waals surface area contributed by atoms with Gasteiger partial charge in [-0.3, -0.25) is 23.9 Å². The highest BCUT2D eigenvalue weighted by Gasteiger charge is 2.62. The van der Waals surface area contributed by atoms with Gasteiger partial charge in [-0.15, -0.1) is 6.58 Å². The fourth-order valence-electron chi connectivity index (χ4n) is 9.73. The molecular formula is C42H53N5O9S. The molecule has 1 saturated heterocycles. The minimum absolute atomic E-state index is 0.000121. The molecule has 1 aromatic carbocycles. The third kappa shape index (κ3) is 7.71. The molecule has 0 unspecified atom stereocenters. The number of hydrogen-bond donors (Lipinski definition) is 4. The molecule has 306 valence electrons. The maximum absolute atomic E-state index is 14.9. The molecule has 5 fully saturated rings. The van der Waals surface area contributed by atoms with Gasteiger partial charge in [0.2, 0.25) is 21.8 Å². The number of pyridine rings is 1. The summed E-state index contributed by atoms with van der Waals surface area (Å²) in [5, 5.41) is 5.64. The van der Waals surface area contributed by atoms with E-state index in [1.807, 2.05) is 25.1 Å². The summed E-state index contributed by atoms with van der Waals surface area (Å²) >= 11 is 0. The molecule has 3 heterocycles. The van der Waals surface area contributed by atoms with E-state index in [1.165, 1.54) is 11.0 Å². The number of aromatic nitrogens is 1. The second-order valence-corrected chi connectivity index (χ2v) is 19.1. The van der Waals surface area contributed by atoms with Gasteiger partial charge in [0, 0.05) is 17.7 Å². The van der Waals surface area contributed by atoms with E-state index in [4.69, 9.17) is 9.47 Å². The molecular weight excluding hydrogens is 751 g/mol. The SMILES string of the molecule is C=C[C@@H]1C[C@]1(NC(=O)[C@@H]1C[C@@H]2CN1C(=O)[C@H](C1CCCC1)NC(=O)O[C@@]1(C)CCC[C@@H]1CC/C=C/Cc1c([nH]c3ccccc3c1=O)O2)C(=O)NS(=O)(=O)C1CC1. The number of para-hydroxylation sites is 1. The number of amides is 4. The number of aromatic amines is 1. The van der Waals surface area contributed by atoms with Crippen molar-refractivity contribution in [2.24, 2.45) is 17.8 Å². The minimum atomic E-state index is -3.91. The Labute approximate surface area is 332 Å². The van der Waals surface area contributed by atoms with Crippen LogP contribution in [0.4, 0.5) is 4.79 Å². The molecule has 2 aliphatic heterocycles. The van der Waals surface area contributed by atoms with Crippen molar-refractivity contribution in [3.63, 3.8) is 0 Å². The van der Waals surface area contributed by atoms with Crippen molar-refractivity contribution in [2.45, 2.75) is 131 Å². The van der Waals surface area contributed by atoms with E-state index in [1.54, 1.807) is 18.2 Å². The Kier molecular flexibility index (Phi) is 10.5. The van der Waals surface area contributed by atoms with Crippen LogP contribution in [0.25, 0.3) is 10.9 Å². The standard InChI is InChI=1S/C42H53N5O9S/c1-3-26-23-42(26,39(51)46-57(53,54)29-19-20-29)45-36(49)33-22-28-24-47(33)38(50)34(25-12-7-8-13-25)44-40(52)56-41(2)21-11-15-27(41)14-5-4-6-17-31-35(48)30-16-9-10-18-32(30)43-37(31)55-28/h3-4,6,9-10,16,18,25-29,33-34H,1,5,7-8,11-15,17,19-24H2,2H3,(H,43,48)(H,44,52)(H,45,49)(H,46,51)/b6-4+/t26-,27+,28-,33+,34+,41+,42-/m1/s1. The van der Waals surface area contributed by atoms with Gasteiger partial charge in [0.15, 0.2) is 11.3 Å². The first kappa shape index (κ1) is 39.2. The highest BCUT2D eigenvalue weighted by molar-refractivity contribution is 7.91. The van der Waals surface area contributed by atoms with Crippen molar-refractivity contribution in [3.8, 4) is 5.88 Å². The fourth-order valence-corrected chi connectivity index (χ4v) is 11.1. The third-order valence-corrected chi connectivity index (χ3v) is 15.2. The van der Waals surface area contributed by atoms with Crippen LogP contribution in [0.5, 0.6) is 5.88 Å². The van der Waals surface area contributed by atoms with Crippen LogP contribution in [-0.2, 0) is 35.6 Å². The number of ether oxygens (including phenoxy) is 2. The van der Waals surface area contributed by atoms with Gasteiger partial charge in [-0.05, 0) is 102 Å². The first-order valence-electron chi connectivity index (χ1n) is 20.6. The zero-order valence-corrected chi connectivity index (χ0v) is 33.2. The Bertz CT molecular complexity index is 2160. The number of carbonyl (C=O) groups is 4. The van der Waals surface area contributed by atoms with E-state index in [0.29, 0.717) is 48.6 Å². The number of alkyl carbamates (subject to hydrolysis) is 1. The fraction of sp³-hybridized carbons (Fsp3) is 0.595. The molecule has 4 saturated carbocycles. The Morgan fingerprint density at radius 3 is 2.53 bits per heavy atom. The lowest BCUT2D eigenvalue weighted by Crippen LogP contribution is -2.59. The predicted octanol–water partition coefficient (Wildman–Crippen LogP) is 4.28. The van der Waals surface area contributed by atoms with Crippen LogP contribution in [0.2, 0.25) is 0 Å². The first-order chi connectivity index (χ1) is 27.3. The predicted molar refractivity (Wildman–Crippen MR) is 212 cm³/mol. The quantitative estimate of drug-likeness (QED) is 0.296. The molecule has 0 radical (unpaired) electrons. The summed E-state index contributed by atoms with van der Waals surface area (Å²) in [6.45, 7) is 5.71. The summed E-state index contributed by atoms with van der Waals surface area (Å²) < 4.78 is 40.6. The number of sulfonamides is 1. The van der Waals surface area contributed by atoms with Crippen LogP contribution in [0.15, 0.2) is 53.9 Å². The van der Waals surface area contributed by atoms with Crippen molar-refractivity contribution >= 4 is 44.7 Å². The Morgan fingerprint density at radius 1 is 1.02 bits per heavy atom. The number of H-pyrrole nitrogens is 1. The number of nitrogens with zero attached hydrogens (tertiary/aromatic N) is 1. The van der Waals surface area contributed by atoms with Crippen LogP contribution >= 0.6 is 0 Å². The van der Waals surface area contributed by atoms with Gasteiger partial charge in [0.25, 0.3) is 5.91 Å². The number of nitrogens with one attached hydrogen (secondary N) is 4. The normalized spacial score (nSPS) is 32.8. The highest BCUT2D eigenvalue weighted by Crippen LogP contribution is 2.46. The summed E-state index contributed by atoms with van der Waals surface area (Å²) in [5.74, 6) is -2.35. The van der Waals surface area contributed by atoms with E-state index in [2.05, 4.69) is 26.9 Å². The number of fused-ring (bicyclic) bond motifs is 5. The molecule has 6 aliphatic rings. The smallest absolute Gasteiger partial charge is 0.408 e. The van der Waals surface area contributed by atoms with Crippen LogP contribution in [0, 0.1) is 17.8 Å². The lowest BCUT2D eigenvalue weighted by atomic mass is 9.88. The molecule has 15 heteroatoms. The van der Waals surface area contributed by atoms with Gasteiger partial charge in [-0.1, -0.05) is 43.2 Å². The summed E-state index contributed by atoms with van der Waals surface area (Å²) in [6.07, 6.45) is 12.6. The molecule has 4 amide bonds. The molecule has 0 spiro atoms. The molecule has 8 rings (SSSR count). The minimum Gasteiger partial charge on any atom is -0.473 e. The van der Waals surface area contributed by atoms with E-state index < -0.39 is 74.3 Å². The summed E-state index contributed by atoms with van der Waals surface area (Å²) in [4.78, 5) is 75.5. The van der Waals surface area contributed by atoms with Crippen molar-refractivity contribution in [3.05, 3.63) is 64.9 Å². The molecule has 14 nitrogen and oxygen atoms in total.